The molecule has 7 heteroatoms. The Morgan fingerprint density at radius 3 is 2.47 bits per heavy atom. The Morgan fingerprint density at radius 1 is 1.40 bits per heavy atom. The average molecular weight is 303 g/mol. The minimum Gasteiger partial charge on any atom is -0.404 e. The fourth-order valence-electron chi connectivity index (χ4n) is 0.883. The highest BCUT2D eigenvalue weighted by Crippen LogP contribution is 2.34. The molecule has 0 aliphatic heterocycles. The zero-order chi connectivity index (χ0) is 11.6. The van der Waals surface area contributed by atoms with Crippen LogP contribution < -0.4 is 4.74 Å². The molecule has 0 radical (unpaired) electrons. The van der Waals surface area contributed by atoms with Gasteiger partial charge in [-0.15, -0.1) is 13.2 Å². The van der Waals surface area contributed by atoms with Gasteiger partial charge >= 0.3 is 6.36 Å². The molecule has 0 amide bonds. The normalized spacial score (nSPS) is 11.3. The van der Waals surface area contributed by atoms with Crippen molar-refractivity contribution in [3.05, 3.63) is 28.2 Å². The van der Waals surface area contributed by atoms with Crippen LogP contribution in [0.3, 0.4) is 0 Å². The van der Waals surface area contributed by atoms with Crippen LogP contribution in [0, 0.1) is 0 Å². The van der Waals surface area contributed by atoms with Gasteiger partial charge in [-0.2, -0.15) is 0 Å². The second-order valence-electron chi connectivity index (χ2n) is 2.44. The van der Waals surface area contributed by atoms with Gasteiger partial charge < -0.3 is 4.74 Å². The van der Waals surface area contributed by atoms with Crippen LogP contribution in [-0.4, -0.2) is 11.6 Å². The van der Waals surface area contributed by atoms with Crippen LogP contribution in [0.15, 0.2) is 22.7 Å². The van der Waals surface area contributed by atoms with Crippen molar-refractivity contribution in [2.24, 2.45) is 0 Å². The highest BCUT2D eigenvalue weighted by atomic mass is 79.9. The van der Waals surface area contributed by atoms with E-state index >= 15 is 0 Å². The number of ether oxygens (including phenoxy) is 1. The lowest BCUT2D eigenvalue weighted by Crippen LogP contribution is -2.18. The van der Waals surface area contributed by atoms with Gasteiger partial charge in [-0.25, -0.2) is 0 Å². The van der Waals surface area contributed by atoms with Crippen molar-refractivity contribution >= 4 is 32.8 Å². The highest BCUT2D eigenvalue weighted by molar-refractivity contribution is 9.10. The highest BCUT2D eigenvalue weighted by Gasteiger charge is 2.33. The van der Waals surface area contributed by atoms with E-state index in [1.165, 1.54) is 12.1 Å². The summed E-state index contributed by atoms with van der Waals surface area (Å²) in [4.78, 5) is 10.8. The van der Waals surface area contributed by atoms with Crippen LogP contribution in [0.5, 0.6) is 5.75 Å². The first-order valence-corrected chi connectivity index (χ1v) is 4.72. The van der Waals surface area contributed by atoms with Gasteiger partial charge in [-0.1, -0.05) is 6.07 Å². The minimum absolute atomic E-state index is 0.00586. The van der Waals surface area contributed by atoms with E-state index in [4.69, 9.17) is 11.6 Å². The molecular formula is C8H3BrClF3O2. The minimum atomic E-state index is -4.87. The quantitative estimate of drug-likeness (QED) is 0.778. The molecule has 1 aromatic rings. The molecule has 0 unspecified atom stereocenters. The van der Waals surface area contributed by atoms with Crippen molar-refractivity contribution in [3.8, 4) is 5.75 Å². The molecule has 0 bridgehead atoms. The van der Waals surface area contributed by atoms with Crippen molar-refractivity contribution in [3.63, 3.8) is 0 Å². The smallest absolute Gasteiger partial charge is 0.404 e. The zero-order valence-electron chi connectivity index (χ0n) is 6.94. The molecule has 15 heavy (non-hydrogen) atoms. The number of carbonyl (C=O) groups excluding carboxylic acids is 1. The lowest BCUT2D eigenvalue weighted by Gasteiger charge is -2.12. The van der Waals surface area contributed by atoms with E-state index in [1.54, 1.807) is 0 Å². The van der Waals surface area contributed by atoms with Crippen molar-refractivity contribution < 1.29 is 22.7 Å². The van der Waals surface area contributed by atoms with Crippen molar-refractivity contribution in [1.29, 1.82) is 0 Å². The summed E-state index contributed by atoms with van der Waals surface area (Å²) in [5.41, 5.74) is -0.344. The number of para-hydroxylation sites is 1. The molecule has 0 aliphatic rings. The second kappa shape index (κ2) is 4.40. The molecular weight excluding hydrogens is 300 g/mol. The summed E-state index contributed by atoms with van der Waals surface area (Å²) >= 11 is 7.93. The van der Waals surface area contributed by atoms with Gasteiger partial charge in [0.05, 0.1) is 10.0 Å². The Labute approximate surface area is 96.1 Å². The van der Waals surface area contributed by atoms with Gasteiger partial charge in [0, 0.05) is 0 Å². The summed E-state index contributed by atoms with van der Waals surface area (Å²) in [6, 6.07) is 3.83. The van der Waals surface area contributed by atoms with E-state index in [9.17, 15) is 18.0 Å². The molecule has 0 spiro atoms. The van der Waals surface area contributed by atoms with Crippen LogP contribution in [0.25, 0.3) is 0 Å². The van der Waals surface area contributed by atoms with E-state index < -0.39 is 17.4 Å². The Hall–Kier alpha value is -0.750. The van der Waals surface area contributed by atoms with Crippen molar-refractivity contribution in [2.75, 3.05) is 0 Å². The summed E-state index contributed by atoms with van der Waals surface area (Å²) in [5.74, 6) is -0.634. The fourth-order valence-corrected chi connectivity index (χ4v) is 1.48. The van der Waals surface area contributed by atoms with Crippen LogP contribution in [-0.2, 0) is 0 Å². The number of halogens is 5. The molecule has 0 aromatic heterocycles. The average Bonchev–Trinajstić information content (AvgIpc) is 2.05. The van der Waals surface area contributed by atoms with Crippen LogP contribution in [0.2, 0.25) is 0 Å². The Balaban J connectivity index is 3.19. The topological polar surface area (TPSA) is 26.3 Å². The lowest BCUT2D eigenvalue weighted by molar-refractivity contribution is -0.275. The first-order chi connectivity index (χ1) is 6.81. The summed E-state index contributed by atoms with van der Waals surface area (Å²) in [5, 5.41) is -1.02. The molecule has 82 valence electrons. The number of alkyl halides is 3. The molecule has 0 N–H and O–H groups in total. The van der Waals surface area contributed by atoms with Crippen molar-refractivity contribution in [1.82, 2.24) is 0 Å². The van der Waals surface area contributed by atoms with Gasteiger partial charge in [0.1, 0.15) is 0 Å². The third-order valence-corrected chi connectivity index (χ3v) is 2.22. The molecule has 0 aliphatic carbocycles. The van der Waals surface area contributed by atoms with E-state index in [1.807, 2.05) is 0 Å². The monoisotopic (exact) mass is 302 g/mol. The van der Waals surface area contributed by atoms with Crippen LogP contribution in [0.1, 0.15) is 10.4 Å². The van der Waals surface area contributed by atoms with E-state index in [0.717, 1.165) is 6.07 Å². The van der Waals surface area contributed by atoms with Gasteiger partial charge in [-0.05, 0) is 39.7 Å². The largest absolute Gasteiger partial charge is 0.573 e. The maximum atomic E-state index is 12.0. The van der Waals surface area contributed by atoms with Crippen molar-refractivity contribution in [2.45, 2.75) is 6.36 Å². The third-order valence-electron chi connectivity index (χ3n) is 1.40. The maximum absolute atomic E-state index is 12.0. The molecule has 1 rings (SSSR count). The predicted molar refractivity (Wildman–Crippen MR) is 51.0 cm³/mol. The SMILES string of the molecule is O=C(Cl)c1cccc(Br)c1OC(F)(F)F. The number of benzene rings is 1. The number of hydrogen-bond donors (Lipinski definition) is 0. The van der Waals surface area contributed by atoms with Gasteiger partial charge in [0.2, 0.25) is 0 Å². The first-order valence-electron chi connectivity index (χ1n) is 3.55. The zero-order valence-corrected chi connectivity index (χ0v) is 9.28. The summed E-state index contributed by atoms with van der Waals surface area (Å²) in [6.45, 7) is 0. The molecule has 0 heterocycles. The first kappa shape index (κ1) is 12.3. The predicted octanol–water partition coefficient (Wildman–Crippen LogP) is 3.73. The molecule has 0 saturated carbocycles. The third kappa shape index (κ3) is 3.39. The van der Waals surface area contributed by atoms with Gasteiger partial charge in [0.15, 0.2) is 5.75 Å². The summed E-state index contributed by atoms with van der Waals surface area (Å²) < 4.78 is 39.6. The Morgan fingerprint density at radius 2 is 2.00 bits per heavy atom. The van der Waals surface area contributed by atoms with Gasteiger partial charge in [0.25, 0.3) is 5.24 Å². The Bertz CT molecular complexity index is 392. The Kier molecular flexibility index (Phi) is 3.62. The summed E-state index contributed by atoms with van der Waals surface area (Å²) in [6.07, 6.45) is -4.87. The standard InChI is InChI=1S/C8H3BrClF3O2/c9-5-3-1-2-4(7(10)14)6(5)15-8(11,12)13/h1-3H. The lowest BCUT2D eigenvalue weighted by atomic mass is 10.2. The molecule has 2 nitrogen and oxygen atoms in total. The molecule has 1 aromatic carbocycles. The fraction of sp³-hybridized carbons (Fsp3) is 0.125. The van der Waals surface area contributed by atoms with E-state index in [2.05, 4.69) is 20.7 Å². The second-order valence-corrected chi connectivity index (χ2v) is 3.64. The number of hydrogen-bond acceptors (Lipinski definition) is 2. The van der Waals surface area contributed by atoms with Crippen LogP contribution >= 0.6 is 27.5 Å². The maximum Gasteiger partial charge on any atom is 0.573 e. The summed E-state index contributed by atoms with van der Waals surface area (Å²) in [7, 11) is 0. The van der Waals surface area contributed by atoms with Crippen LogP contribution in [0.4, 0.5) is 13.2 Å². The molecule has 0 saturated heterocycles. The van der Waals surface area contributed by atoms with Gasteiger partial charge in [-0.3, -0.25) is 4.79 Å². The van der Waals surface area contributed by atoms with E-state index in [0.29, 0.717) is 0 Å². The van der Waals surface area contributed by atoms with E-state index in [-0.39, 0.29) is 10.0 Å². The number of carbonyl (C=O) groups is 1. The number of rotatable bonds is 2. The molecule has 0 atom stereocenters. The molecule has 0 fully saturated rings.